The summed E-state index contributed by atoms with van der Waals surface area (Å²) in [5.74, 6) is 0. The third-order valence-corrected chi connectivity index (χ3v) is 3.08. The van der Waals surface area contributed by atoms with Gasteiger partial charge in [-0.3, -0.25) is 0 Å². The summed E-state index contributed by atoms with van der Waals surface area (Å²) in [5.41, 5.74) is 3.42. The van der Waals surface area contributed by atoms with Gasteiger partial charge in [0.05, 0.1) is 5.02 Å². The molecule has 0 aromatic carbocycles. The lowest BCUT2D eigenvalue weighted by Gasteiger charge is -2.13. The fraction of sp³-hybridized carbons (Fsp3) is 0.250. The summed E-state index contributed by atoms with van der Waals surface area (Å²) in [4.78, 5) is 7.44. The molecule has 2 aromatic rings. The SMILES string of the molecule is Clc1cnc2[nH]cc(C3=CCCNC3)c2c1. The quantitative estimate of drug-likeness (QED) is 0.795. The second-order valence-corrected chi connectivity index (χ2v) is 4.38. The maximum Gasteiger partial charge on any atom is 0.137 e. The summed E-state index contributed by atoms with van der Waals surface area (Å²) < 4.78 is 0. The van der Waals surface area contributed by atoms with Gasteiger partial charge in [0.15, 0.2) is 0 Å². The number of pyridine rings is 1. The largest absolute Gasteiger partial charge is 0.346 e. The molecule has 4 heteroatoms. The molecular formula is C12H12ClN3. The Morgan fingerprint density at radius 3 is 3.12 bits per heavy atom. The van der Waals surface area contributed by atoms with Crippen LogP contribution in [0.5, 0.6) is 0 Å². The first kappa shape index (κ1) is 9.87. The van der Waals surface area contributed by atoms with Crippen LogP contribution in [0.1, 0.15) is 12.0 Å². The molecule has 3 rings (SSSR count). The second kappa shape index (κ2) is 3.92. The van der Waals surface area contributed by atoms with Crippen LogP contribution in [0.15, 0.2) is 24.5 Å². The first-order valence-electron chi connectivity index (χ1n) is 5.37. The maximum absolute atomic E-state index is 5.98. The highest BCUT2D eigenvalue weighted by molar-refractivity contribution is 6.31. The molecule has 0 spiro atoms. The van der Waals surface area contributed by atoms with Crippen molar-refractivity contribution in [2.45, 2.75) is 6.42 Å². The second-order valence-electron chi connectivity index (χ2n) is 3.95. The van der Waals surface area contributed by atoms with E-state index in [1.807, 2.05) is 12.3 Å². The van der Waals surface area contributed by atoms with Gasteiger partial charge in [0, 0.05) is 29.9 Å². The Hall–Kier alpha value is -1.32. The number of halogens is 1. The van der Waals surface area contributed by atoms with Crippen LogP contribution in [0.25, 0.3) is 16.6 Å². The minimum Gasteiger partial charge on any atom is -0.346 e. The average Bonchev–Trinajstić information content (AvgIpc) is 2.73. The van der Waals surface area contributed by atoms with Crippen molar-refractivity contribution in [3.05, 3.63) is 35.1 Å². The molecule has 1 aliphatic heterocycles. The molecule has 2 aromatic heterocycles. The Morgan fingerprint density at radius 2 is 2.31 bits per heavy atom. The minimum absolute atomic E-state index is 0.678. The van der Waals surface area contributed by atoms with Gasteiger partial charge < -0.3 is 10.3 Å². The summed E-state index contributed by atoms with van der Waals surface area (Å²) >= 11 is 5.98. The first-order chi connectivity index (χ1) is 7.84. The van der Waals surface area contributed by atoms with E-state index in [1.54, 1.807) is 6.20 Å². The molecule has 82 valence electrons. The van der Waals surface area contributed by atoms with Gasteiger partial charge >= 0.3 is 0 Å². The van der Waals surface area contributed by atoms with Crippen LogP contribution in [-0.2, 0) is 0 Å². The third-order valence-electron chi connectivity index (χ3n) is 2.87. The molecule has 0 fully saturated rings. The highest BCUT2D eigenvalue weighted by Gasteiger charge is 2.11. The van der Waals surface area contributed by atoms with Crippen molar-refractivity contribution in [3.63, 3.8) is 0 Å². The van der Waals surface area contributed by atoms with Crippen LogP contribution in [0.3, 0.4) is 0 Å². The average molecular weight is 234 g/mol. The van der Waals surface area contributed by atoms with E-state index in [2.05, 4.69) is 21.4 Å². The maximum atomic E-state index is 5.98. The Morgan fingerprint density at radius 1 is 1.38 bits per heavy atom. The number of aromatic amines is 1. The van der Waals surface area contributed by atoms with E-state index in [9.17, 15) is 0 Å². The van der Waals surface area contributed by atoms with Crippen molar-refractivity contribution in [2.75, 3.05) is 13.1 Å². The summed E-state index contributed by atoms with van der Waals surface area (Å²) in [5, 5.41) is 5.14. The van der Waals surface area contributed by atoms with Crippen LogP contribution in [0.4, 0.5) is 0 Å². The first-order valence-corrected chi connectivity index (χ1v) is 5.75. The Bertz CT molecular complexity index is 556. The van der Waals surface area contributed by atoms with Crippen molar-refractivity contribution in [1.29, 1.82) is 0 Å². The van der Waals surface area contributed by atoms with Crippen molar-refractivity contribution in [1.82, 2.24) is 15.3 Å². The lowest BCUT2D eigenvalue weighted by atomic mass is 10.0. The van der Waals surface area contributed by atoms with Gasteiger partial charge in [-0.15, -0.1) is 0 Å². The fourth-order valence-electron chi connectivity index (χ4n) is 2.09. The summed E-state index contributed by atoms with van der Waals surface area (Å²) in [6.45, 7) is 1.98. The van der Waals surface area contributed by atoms with Gasteiger partial charge in [-0.05, 0) is 24.6 Å². The van der Waals surface area contributed by atoms with Crippen molar-refractivity contribution >= 4 is 28.2 Å². The van der Waals surface area contributed by atoms with Crippen molar-refractivity contribution in [3.8, 4) is 0 Å². The van der Waals surface area contributed by atoms with Gasteiger partial charge in [-0.1, -0.05) is 17.7 Å². The highest BCUT2D eigenvalue weighted by Crippen LogP contribution is 2.26. The van der Waals surface area contributed by atoms with E-state index in [0.717, 1.165) is 30.5 Å². The normalized spacial score (nSPS) is 16.4. The van der Waals surface area contributed by atoms with E-state index in [0.29, 0.717) is 5.02 Å². The van der Waals surface area contributed by atoms with Crippen molar-refractivity contribution in [2.24, 2.45) is 0 Å². The fourth-order valence-corrected chi connectivity index (χ4v) is 2.25. The molecular weight excluding hydrogens is 222 g/mol. The molecule has 3 heterocycles. The Balaban J connectivity index is 2.16. The predicted octanol–water partition coefficient (Wildman–Crippen LogP) is 2.59. The highest BCUT2D eigenvalue weighted by atomic mass is 35.5. The third kappa shape index (κ3) is 1.62. The zero-order valence-electron chi connectivity index (χ0n) is 8.76. The molecule has 0 atom stereocenters. The molecule has 2 N–H and O–H groups in total. The number of hydrogen-bond donors (Lipinski definition) is 2. The number of fused-ring (bicyclic) bond motifs is 1. The summed E-state index contributed by atoms with van der Waals surface area (Å²) in [7, 11) is 0. The molecule has 0 radical (unpaired) electrons. The topological polar surface area (TPSA) is 40.7 Å². The van der Waals surface area contributed by atoms with E-state index < -0.39 is 0 Å². The van der Waals surface area contributed by atoms with E-state index in [4.69, 9.17) is 11.6 Å². The van der Waals surface area contributed by atoms with Gasteiger partial charge in [-0.25, -0.2) is 4.98 Å². The van der Waals surface area contributed by atoms with Crippen LogP contribution in [-0.4, -0.2) is 23.1 Å². The molecule has 0 amide bonds. The van der Waals surface area contributed by atoms with Crippen LogP contribution in [0, 0.1) is 0 Å². The number of rotatable bonds is 1. The number of nitrogens with one attached hydrogen (secondary N) is 2. The Kier molecular flexibility index (Phi) is 2.42. The van der Waals surface area contributed by atoms with Crippen LogP contribution >= 0.6 is 11.6 Å². The lowest BCUT2D eigenvalue weighted by molar-refractivity contribution is 0.739. The summed E-state index contributed by atoms with van der Waals surface area (Å²) in [6.07, 6.45) is 7.03. The zero-order valence-corrected chi connectivity index (χ0v) is 9.51. The molecule has 1 aliphatic rings. The number of H-pyrrole nitrogens is 1. The predicted molar refractivity (Wildman–Crippen MR) is 66.6 cm³/mol. The molecule has 16 heavy (non-hydrogen) atoms. The van der Waals surface area contributed by atoms with Crippen LogP contribution in [0.2, 0.25) is 5.02 Å². The zero-order chi connectivity index (χ0) is 11.0. The van der Waals surface area contributed by atoms with Gasteiger partial charge in [0.1, 0.15) is 5.65 Å². The number of hydrogen-bond acceptors (Lipinski definition) is 2. The summed E-state index contributed by atoms with van der Waals surface area (Å²) in [6, 6.07) is 1.96. The lowest BCUT2D eigenvalue weighted by Crippen LogP contribution is -2.21. The number of nitrogens with zero attached hydrogens (tertiary/aromatic N) is 1. The molecule has 3 nitrogen and oxygen atoms in total. The minimum atomic E-state index is 0.678. The smallest absolute Gasteiger partial charge is 0.137 e. The van der Waals surface area contributed by atoms with Crippen molar-refractivity contribution < 1.29 is 0 Å². The van der Waals surface area contributed by atoms with Gasteiger partial charge in [0.2, 0.25) is 0 Å². The monoisotopic (exact) mass is 233 g/mol. The van der Waals surface area contributed by atoms with Gasteiger partial charge in [0.25, 0.3) is 0 Å². The molecule has 0 saturated carbocycles. The molecule has 0 unspecified atom stereocenters. The van der Waals surface area contributed by atoms with E-state index >= 15 is 0 Å². The van der Waals surface area contributed by atoms with E-state index in [-0.39, 0.29) is 0 Å². The van der Waals surface area contributed by atoms with Gasteiger partial charge in [-0.2, -0.15) is 0 Å². The van der Waals surface area contributed by atoms with Crippen LogP contribution < -0.4 is 5.32 Å². The Labute approximate surface area is 98.5 Å². The molecule has 0 saturated heterocycles. The number of aromatic nitrogens is 2. The van der Waals surface area contributed by atoms with E-state index in [1.165, 1.54) is 11.1 Å². The molecule has 0 bridgehead atoms. The standard InChI is InChI=1S/C12H12ClN3/c13-9-4-10-11(7-16-12(10)15-6-9)8-2-1-3-14-5-8/h2,4,6-7,14H,1,3,5H2,(H,15,16). The molecule has 0 aliphatic carbocycles.